The van der Waals surface area contributed by atoms with Crippen LogP contribution in [-0.4, -0.2) is 12.3 Å². The average molecular weight is 274 g/mol. The summed E-state index contributed by atoms with van der Waals surface area (Å²) in [5, 5.41) is 2.19. The second-order valence-electron chi connectivity index (χ2n) is 2.54. The molecule has 0 heterocycles. The Hall–Kier alpha value is -0.580. The molecule has 0 saturated carbocycles. The molecule has 0 atom stereocenters. The summed E-state index contributed by atoms with van der Waals surface area (Å²) in [6, 6.07) is 2.46. The molecule has 2 nitrogen and oxygen atoms in total. The van der Waals surface area contributed by atoms with Gasteiger partial charge in [0.1, 0.15) is 0 Å². The van der Waals surface area contributed by atoms with Crippen molar-refractivity contribution in [2.45, 2.75) is 6.43 Å². The number of anilines is 1. The maximum Gasteiger partial charge on any atom is 0.315 e. The number of nitrogens with one attached hydrogen (secondary N) is 1. The standard InChI is InChI=1S/C8H4Cl3F2NO/c9-4-1-3(2-5(10)6(4)11)14-8(15)7(12)13/h1-2,7H,(H,14,15). The van der Waals surface area contributed by atoms with E-state index in [1.165, 1.54) is 12.1 Å². The molecular formula is C8H4Cl3F2NO. The number of carbonyl (C=O) groups is 1. The molecule has 15 heavy (non-hydrogen) atoms. The molecule has 0 saturated heterocycles. The van der Waals surface area contributed by atoms with Gasteiger partial charge in [-0.25, -0.2) is 0 Å². The van der Waals surface area contributed by atoms with Gasteiger partial charge in [-0.15, -0.1) is 0 Å². The SMILES string of the molecule is O=C(Nc1cc(Cl)c(Cl)c(Cl)c1)C(F)F. The summed E-state index contributed by atoms with van der Waals surface area (Å²) >= 11 is 16.9. The predicted molar refractivity (Wildman–Crippen MR) is 56.1 cm³/mol. The average Bonchev–Trinajstić information content (AvgIpc) is 2.13. The van der Waals surface area contributed by atoms with Crippen molar-refractivity contribution >= 4 is 46.4 Å². The summed E-state index contributed by atoms with van der Waals surface area (Å²) in [7, 11) is 0. The van der Waals surface area contributed by atoms with E-state index in [2.05, 4.69) is 0 Å². The first-order chi connectivity index (χ1) is 6.91. The van der Waals surface area contributed by atoms with Crippen LogP contribution < -0.4 is 5.32 Å². The Kier molecular flexibility index (Phi) is 4.13. The van der Waals surface area contributed by atoms with Crippen molar-refractivity contribution in [3.63, 3.8) is 0 Å². The van der Waals surface area contributed by atoms with E-state index in [4.69, 9.17) is 34.8 Å². The molecule has 1 aromatic carbocycles. The minimum absolute atomic E-state index is 0.0692. The molecule has 1 aromatic rings. The van der Waals surface area contributed by atoms with Crippen LogP contribution >= 0.6 is 34.8 Å². The summed E-state index contributed by atoms with van der Waals surface area (Å²) in [5.74, 6) is -1.43. The van der Waals surface area contributed by atoms with E-state index in [0.29, 0.717) is 0 Å². The lowest BCUT2D eigenvalue weighted by atomic mass is 10.3. The number of amides is 1. The van der Waals surface area contributed by atoms with Crippen molar-refractivity contribution in [3.8, 4) is 0 Å². The Morgan fingerprint density at radius 3 is 2.07 bits per heavy atom. The van der Waals surface area contributed by atoms with Gasteiger partial charge in [-0.3, -0.25) is 4.79 Å². The molecule has 7 heteroatoms. The molecule has 1 N–H and O–H groups in total. The Balaban J connectivity index is 2.93. The lowest BCUT2D eigenvalue weighted by Crippen LogP contribution is -2.19. The third-order valence-electron chi connectivity index (χ3n) is 1.45. The maximum absolute atomic E-state index is 11.9. The fraction of sp³-hybridized carbons (Fsp3) is 0.125. The van der Waals surface area contributed by atoms with Crippen molar-refractivity contribution in [2.24, 2.45) is 0 Å². The zero-order valence-electron chi connectivity index (χ0n) is 7.03. The highest BCUT2D eigenvalue weighted by Gasteiger charge is 2.16. The van der Waals surface area contributed by atoms with Crippen LogP contribution in [0.2, 0.25) is 15.1 Å². The summed E-state index contributed by atoms with van der Waals surface area (Å²) < 4.78 is 23.8. The van der Waals surface area contributed by atoms with Gasteiger partial charge in [-0.1, -0.05) is 34.8 Å². The molecule has 0 aliphatic carbocycles. The van der Waals surface area contributed by atoms with Crippen LogP contribution in [0, 0.1) is 0 Å². The van der Waals surface area contributed by atoms with Gasteiger partial charge in [0.2, 0.25) is 0 Å². The van der Waals surface area contributed by atoms with E-state index in [1.807, 2.05) is 5.32 Å². The zero-order chi connectivity index (χ0) is 11.6. The first-order valence-corrected chi connectivity index (χ1v) is 4.78. The number of hydrogen-bond acceptors (Lipinski definition) is 1. The first-order valence-electron chi connectivity index (χ1n) is 3.65. The molecule has 0 fully saturated rings. The fourth-order valence-electron chi connectivity index (χ4n) is 0.825. The highest BCUT2D eigenvalue weighted by atomic mass is 35.5. The molecule has 1 rings (SSSR count). The van der Waals surface area contributed by atoms with Crippen LogP contribution in [0.4, 0.5) is 14.5 Å². The molecule has 1 amide bonds. The predicted octanol–water partition coefficient (Wildman–Crippen LogP) is 3.85. The maximum atomic E-state index is 11.9. The molecule has 0 aliphatic rings. The lowest BCUT2D eigenvalue weighted by Gasteiger charge is -2.06. The molecule has 0 radical (unpaired) electrons. The number of rotatable bonds is 2. The van der Waals surface area contributed by atoms with Crippen LogP contribution in [0.15, 0.2) is 12.1 Å². The van der Waals surface area contributed by atoms with Gasteiger partial charge in [0.15, 0.2) is 0 Å². The van der Waals surface area contributed by atoms with Crippen LogP contribution in [-0.2, 0) is 4.79 Å². The second-order valence-corrected chi connectivity index (χ2v) is 3.74. The normalized spacial score (nSPS) is 10.5. The first kappa shape index (κ1) is 12.5. The van der Waals surface area contributed by atoms with E-state index in [0.717, 1.165) is 0 Å². The molecule has 0 aromatic heterocycles. The quantitative estimate of drug-likeness (QED) is 0.815. The minimum atomic E-state index is -3.10. The smallest absolute Gasteiger partial charge is 0.315 e. The third kappa shape index (κ3) is 3.19. The summed E-state index contributed by atoms with van der Waals surface area (Å²) in [6.45, 7) is 0. The highest BCUT2D eigenvalue weighted by molar-refractivity contribution is 6.48. The number of alkyl halides is 2. The van der Waals surface area contributed by atoms with Gasteiger partial charge < -0.3 is 5.32 Å². The van der Waals surface area contributed by atoms with E-state index >= 15 is 0 Å². The Morgan fingerprint density at radius 2 is 1.67 bits per heavy atom. The molecule has 82 valence electrons. The van der Waals surface area contributed by atoms with Crippen molar-refractivity contribution in [3.05, 3.63) is 27.2 Å². The Bertz CT molecular complexity index is 374. The van der Waals surface area contributed by atoms with Gasteiger partial charge >= 0.3 is 6.43 Å². The van der Waals surface area contributed by atoms with Crippen molar-refractivity contribution < 1.29 is 13.6 Å². The number of benzene rings is 1. The lowest BCUT2D eigenvalue weighted by molar-refractivity contribution is -0.126. The summed E-state index contributed by atoms with van der Waals surface area (Å²) in [4.78, 5) is 10.6. The van der Waals surface area contributed by atoms with Gasteiger partial charge in [-0.05, 0) is 12.1 Å². The van der Waals surface area contributed by atoms with Crippen molar-refractivity contribution in [2.75, 3.05) is 5.32 Å². The van der Waals surface area contributed by atoms with Gasteiger partial charge in [-0.2, -0.15) is 8.78 Å². The Morgan fingerprint density at radius 1 is 1.20 bits per heavy atom. The topological polar surface area (TPSA) is 29.1 Å². The van der Waals surface area contributed by atoms with Crippen LogP contribution in [0.25, 0.3) is 0 Å². The van der Waals surface area contributed by atoms with Crippen molar-refractivity contribution in [1.29, 1.82) is 0 Å². The summed E-state index contributed by atoms with van der Waals surface area (Å²) in [5.41, 5.74) is 0.0692. The van der Waals surface area contributed by atoms with Crippen LogP contribution in [0.3, 0.4) is 0 Å². The number of carbonyl (C=O) groups excluding carboxylic acids is 1. The fourth-order valence-corrected chi connectivity index (χ4v) is 1.42. The molecule has 0 bridgehead atoms. The molecule has 0 unspecified atom stereocenters. The monoisotopic (exact) mass is 273 g/mol. The van der Waals surface area contributed by atoms with Gasteiger partial charge in [0, 0.05) is 5.69 Å². The summed E-state index contributed by atoms with van der Waals surface area (Å²) in [6.07, 6.45) is -3.10. The van der Waals surface area contributed by atoms with Gasteiger partial charge in [0.05, 0.1) is 15.1 Å². The molecule has 0 aliphatic heterocycles. The number of hydrogen-bond donors (Lipinski definition) is 1. The third-order valence-corrected chi connectivity index (χ3v) is 2.65. The van der Waals surface area contributed by atoms with E-state index in [-0.39, 0.29) is 20.8 Å². The van der Waals surface area contributed by atoms with E-state index < -0.39 is 12.3 Å². The largest absolute Gasteiger partial charge is 0.321 e. The Labute approximate surface area is 99.1 Å². The van der Waals surface area contributed by atoms with Gasteiger partial charge in [0.25, 0.3) is 5.91 Å². The van der Waals surface area contributed by atoms with Crippen LogP contribution in [0.5, 0.6) is 0 Å². The minimum Gasteiger partial charge on any atom is -0.321 e. The number of halogens is 5. The van der Waals surface area contributed by atoms with E-state index in [9.17, 15) is 13.6 Å². The van der Waals surface area contributed by atoms with E-state index in [1.54, 1.807) is 0 Å². The molecular weight excluding hydrogens is 270 g/mol. The highest BCUT2D eigenvalue weighted by Crippen LogP contribution is 2.33. The molecule has 0 spiro atoms. The van der Waals surface area contributed by atoms with Crippen LogP contribution in [0.1, 0.15) is 0 Å². The zero-order valence-corrected chi connectivity index (χ0v) is 9.30. The van der Waals surface area contributed by atoms with Crippen molar-refractivity contribution in [1.82, 2.24) is 0 Å². The second kappa shape index (κ2) is 4.96.